The van der Waals surface area contributed by atoms with Gasteiger partial charge in [-0.15, -0.1) is 0 Å². The summed E-state index contributed by atoms with van der Waals surface area (Å²) in [5.41, 5.74) is 2.85. The smallest absolute Gasteiger partial charge is 0.255 e. The first-order valence-corrected chi connectivity index (χ1v) is 7.87. The number of nitrogens with zero attached hydrogens (tertiary/aromatic N) is 1. The number of carbonyl (C=O) groups is 3. The Kier molecular flexibility index (Phi) is 4.96. The van der Waals surface area contributed by atoms with Gasteiger partial charge >= 0.3 is 0 Å². The molecular weight excluding hydrogens is 280 g/mol. The molecule has 1 aromatic rings. The quantitative estimate of drug-likeness (QED) is 0.850. The van der Waals surface area contributed by atoms with Crippen molar-refractivity contribution in [1.29, 1.82) is 0 Å². The number of nitrogens with one attached hydrogen (secondary N) is 1. The number of hydrogen-bond acceptors (Lipinski definition) is 3. The summed E-state index contributed by atoms with van der Waals surface area (Å²) in [5.74, 6) is -0.727. The standard InChI is InChI=1S/C15H16N2O3.C2H6/c1-2-9-4-3-5-10-11(9)8-17(15(10)20)12-6-7-13(18)16-14(12)19;1-2/h3-5,12H,2,6-8H2,1H3,(H,16,18,19);1-2H3. The summed E-state index contributed by atoms with van der Waals surface area (Å²) >= 11 is 0. The van der Waals surface area contributed by atoms with Gasteiger partial charge in [0, 0.05) is 18.5 Å². The molecule has 0 radical (unpaired) electrons. The van der Waals surface area contributed by atoms with Crippen LogP contribution in [0.25, 0.3) is 0 Å². The third-order valence-corrected chi connectivity index (χ3v) is 4.06. The summed E-state index contributed by atoms with van der Waals surface area (Å²) in [4.78, 5) is 37.2. The van der Waals surface area contributed by atoms with Gasteiger partial charge in [-0.25, -0.2) is 0 Å². The van der Waals surface area contributed by atoms with Gasteiger partial charge in [0.1, 0.15) is 6.04 Å². The van der Waals surface area contributed by atoms with Gasteiger partial charge in [0.15, 0.2) is 0 Å². The Labute approximate surface area is 130 Å². The van der Waals surface area contributed by atoms with E-state index in [1.807, 2.05) is 32.0 Å². The molecule has 0 bridgehead atoms. The van der Waals surface area contributed by atoms with Crippen molar-refractivity contribution >= 4 is 17.7 Å². The minimum absolute atomic E-state index is 0.107. The monoisotopic (exact) mass is 302 g/mol. The van der Waals surface area contributed by atoms with Crippen LogP contribution >= 0.6 is 0 Å². The lowest BCUT2D eigenvalue weighted by atomic mass is 10.0. The van der Waals surface area contributed by atoms with Crippen LogP contribution in [0.15, 0.2) is 18.2 Å². The van der Waals surface area contributed by atoms with Crippen molar-refractivity contribution in [3.63, 3.8) is 0 Å². The van der Waals surface area contributed by atoms with E-state index in [0.717, 1.165) is 17.5 Å². The normalized spacial score (nSPS) is 20.2. The number of hydrogen-bond donors (Lipinski definition) is 1. The minimum atomic E-state index is -0.530. The maximum Gasteiger partial charge on any atom is 0.255 e. The van der Waals surface area contributed by atoms with Crippen LogP contribution in [0.2, 0.25) is 0 Å². The van der Waals surface area contributed by atoms with E-state index in [1.54, 1.807) is 4.90 Å². The molecule has 5 nitrogen and oxygen atoms in total. The zero-order valence-corrected chi connectivity index (χ0v) is 13.3. The zero-order valence-electron chi connectivity index (χ0n) is 13.3. The molecule has 0 spiro atoms. The highest BCUT2D eigenvalue weighted by Crippen LogP contribution is 2.29. The van der Waals surface area contributed by atoms with Gasteiger partial charge in [0.2, 0.25) is 11.8 Å². The zero-order chi connectivity index (χ0) is 16.3. The van der Waals surface area contributed by atoms with Gasteiger partial charge in [-0.1, -0.05) is 32.9 Å². The second kappa shape index (κ2) is 6.73. The molecule has 3 rings (SSSR count). The average molecular weight is 302 g/mol. The summed E-state index contributed by atoms with van der Waals surface area (Å²) in [6.45, 7) is 6.51. The van der Waals surface area contributed by atoms with Gasteiger partial charge < -0.3 is 4.90 Å². The molecular formula is C17H22N2O3. The molecule has 1 unspecified atom stereocenters. The molecule has 2 aliphatic rings. The van der Waals surface area contributed by atoms with Crippen molar-refractivity contribution < 1.29 is 14.4 Å². The number of aryl methyl sites for hydroxylation is 1. The third-order valence-electron chi connectivity index (χ3n) is 4.06. The van der Waals surface area contributed by atoms with Crippen molar-refractivity contribution in [3.05, 3.63) is 34.9 Å². The van der Waals surface area contributed by atoms with E-state index in [0.29, 0.717) is 18.5 Å². The van der Waals surface area contributed by atoms with Gasteiger partial charge in [-0.05, 0) is 30.0 Å². The summed E-state index contributed by atoms with van der Waals surface area (Å²) in [7, 11) is 0. The van der Waals surface area contributed by atoms with Crippen LogP contribution in [0.1, 0.15) is 55.1 Å². The average Bonchev–Trinajstić information content (AvgIpc) is 2.86. The first-order valence-electron chi connectivity index (χ1n) is 7.87. The molecule has 5 heteroatoms. The maximum absolute atomic E-state index is 12.5. The molecule has 1 N–H and O–H groups in total. The topological polar surface area (TPSA) is 66.5 Å². The number of fused-ring (bicyclic) bond motifs is 1. The maximum atomic E-state index is 12.5. The fourth-order valence-electron chi connectivity index (χ4n) is 2.98. The number of benzene rings is 1. The van der Waals surface area contributed by atoms with Crippen LogP contribution in [-0.4, -0.2) is 28.7 Å². The van der Waals surface area contributed by atoms with E-state index >= 15 is 0 Å². The lowest BCUT2D eigenvalue weighted by molar-refractivity contribution is -0.136. The van der Waals surface area contributed by atoms with Crippen LogP contribution in [0.4, 0.5) is 0 Å². The molecule has 0 aliphatic carbocycles. The molecule has 3 amide bonds. The fraction of sp³-hybridized carbons (Fsp3) is 0.471. The van der Waals surface area contributed by atoms with E-state index in [1.165, 1.54) is 0 Å². The van der Waals surface area contributed by atoms with E-state index in [9.17, 15) is 14.4 Å². The molecule has 2 aliphatic heterocycles. The minimum Gasteiger partial charge on any atom is -0.322 e. The molecule has 1 fully saturated rings. The number of piperidine rings is 1. The van der Waals surface area contributed by atoms with Crippen LogP contribution in [0, 0.1) is 0 Å². The Balaban J connectivity index is 0.000000847. The van der Waals surface area contributed by atoms with Crippen molar-refractivity contribution in [2.75, 3.05) is 0 Å². The highest BCUT2D eigenvalue weighted by molar-refractivity contribution is 6.05. The molecule has 1 aromatic carbocycles. The Bertz CT molecular complexity index is 610. The van der Waals surface area contributed by atoms with E-state index in [4.69, 9.17) is 0 Å². The second-order valence-corrected chi connectivity index (χ2v) is 5.20. The molecule has 22 heavy (non-hydrogen) atoms. The molecule has 1 atom stereocenters. The summed E-state index contributed by atoms with van der Waals surface area (Å²) in [5, 5.41) is 2.31. The number of amides is 3. The largest absolute Gasteiger partial charge is 0.322 e. The number of imide groups is 1. The number of carbonyl (C=O) groups excluding carboxylic acids is 3. The molecule has 1 saturated heterocycles. The highest BCUT2D eigenvalue weighted by atomic mass is 16.2. The number of rotatable bonds is 2. The van der Waals surface area contributed by atoms with Crippen LogP contribution in [0.3, 0.4) is 0 Å². The Morgan fingerprint density at radius 1 is 1.23 bits per heavy atom. The molecule has 0 saturated carbocycles. The first-order chi connectivity index (χ1) is 10.6. The van der Waals surface area contributed by atoms with Gasteiger partial charge in [0.25, 0.3) is 5.91 Å². The van der Waals surface area contributed by atoms with Crippen LogP contribution in [0.5, 0.6) is 0 Å². The van der Waals surface area contributed by atoms with E-state index in [-0.39, 0.29) is 24.1 Å². The summed E-state index contributed by atoms with van der Waals surface area (Å²) in [6.07, 6.45) is 1.56. The second-order valence-electron chi connectivity index (χ2n) is 5.20. The SMILES string of the molecule is CC.CCc1cccc2c1CN(C1CCC(=O)NC1=O)C2=O. The van der Waals surface area contributed by atoms with Crippen LogP contribution in [-0.2, 0) is 22.6 Å². The lowest BCUT2D eigenvalue weighted by Gasteiger charge is -2.29. The Hall–Kier alpha value is -2.17. The predicted octanol–water partition coefficient (Wildman–Crippen LogP) is 2.04. The van der Waals surface area contributed by atoms with Crippen molar-refractivity contribution in [3.8, 4) is 0 Å². The van der Waals surface area contributed by atoms with Crippen molar-refractivity contribution in [2.45, 2.75) is 52.6 Å². The van der Waals surface area contributed by atoms with Gasteiger partial charge in [0.05, 0.1) is 0 Å². The third kappa shape index (κ3) is 2.75. The van der Waals surface area contributed by atoms with Crippen molar-refractivity contribution in [1.82, 2.24) is 10.2 Å². The van der Waals surface area contributed by atoms with Crippen LogP contribution < -0.4 is 5.32 Å². The first kappa shape index (κ1) is 16.2. The molecule has 118 valence electrons. The predicted molar refractivity (Wildman–Crippen MR) is 83.2 cm³/mol. The fourth-order valence-corrected chi connectivity index (χ4v) is 2.98. The summed E-state index contributed by atoms with van der Waals surface area (Å²) < 4.78 is 0. The van der Waals surface area contributed by atoms with E-state index < -0.39 is 6.04 Å². The highest BCUT2D eigenvalue weighted by Gasteiger charge is 2.39. The van der Waals surface area contributed by atoms with E-state index in [2.05, 4.69) is 12.2 Å². The molecule has 0 aromatic heterocycles. The summed E-state index contributed by atoms with van der Waals surface area (Å²) in [6, 6.07) is 5.17. The van der Waals surface area contributed by atoms with Gasteiger partial charge in [-0.2, -0.15) is 0 Å². The van der Waals surface area contributed by atoms with Crippen molar-refractivity contribution in [2.24, 2.45) is 0 Å². The Morgan fingerprint density at radius 3 is 2.59 bits per heavy atom. The lowest BCUT2D eigenvalue weighted by Crippen LogP contribution is -2.52. The van der Waals surface area contributed by atoms with Gasteiger partial charge in [-0.3, -0.25) is 19.7 Å². The Morgan fingerprint density at radius 2 is 1.95 bits per heavy atom. The molecule has 2 heterocycles.